The lowest BCUT2D eigenvalue weighted by atomic mass is 9.97. The summed E-state index contributed by atoms with van der Waals surface area (Å²) in [6, 6.07) is 0. The highest BCUT2D eigenvalue weighted by molar-refractivity contribution is 7.81. The molecular weight excluding hydrogens is 444 g/mol. The number of hydrogen-bond acceptors (Lipinski definition) is 7. The molecule has 0 saturated carbocycles. The Morgan fingerprint density at radius 3 is 2.44 bits per heavy atom. The van der Waals surface area contributed by atoms with Gasteiger partial charge in [0.15, 0.2) is 0 Å². The summed E-state index contributed by atoms with van der Waals surface area (Å²) in [5.74, 6) is 0.743. The molecule has 1 heterocycles. The van der Waals surface area contributed by atoms with Crippen LogP contribution in [0.25, 0.3) is 0 Å². The Balaban J connectivity index is 2.28. The fourth-order valence-corrected chi connectivity index (χ4v) is 4.54. The molecule has 0 aromatic rings. The van der Waals surface area contributed by atoms with E-state index >= 15 is 0 Å². The predicted molar refractivity (Wildman–Crippen MR) is 138 cm³/mol. The first-order chi connectivity index (χ1) is 15.3. The molecule has 0 aromatic heterocycles. The minimum Gasteiger partial charge on any atom is -0.459 e. The van der Waals surface area contributed by atoms with E-state index in [4.69, 9.17) is 18.9 Å². The quantitative estimate of drug-likeness (QED) is 0.131. The predicted octanol–water partition coefficient (Wildman–Crippen LogP) is 6.04. The average Bonchev–Trinajstić information content (AvgIpc) is 3.28. The maximum atomic E-state index is 12.4. The second-order valence-electron chi connectivity index (χ2n) is 9.55. The maximum Gasteiger partial charge on any atom is 0.306 e. The average molecular weight is 493 g/mol. The van der Waals surface area contributed by atoms with Gasteiger partial charge in [0.25, 0.3) is 0 Å². The molecule has 0 aliphatic carbocycles. The highest BCUT2D eigenvalue weighted by atomic mass is 32.1. The summed E-state index contributed by atoms with van der Waals surface area (Å²) in [7, 11) is 0. The van der Waals surface area contributed by atoms with Gasteiger partial charge in [-0.15, -0.1) is 0 Å². The van der Waals surface area contributed by atoms with Crippen LogP contribution >= 0.6 is 25.3 Å². The van der Waals surface area contributed by atoms with Gasteiger partial charge >= 0.3 is 5.97 Å². The van der Waals surface area contributed by atoms with Gasteiger partial charge in [0, 0.05) is 31.3 Å². The van der Waals surface area contributed by atoms with Crippen molar-refractivity contribution in [3.8, 4) is 0 Å². The number of esters is 1. The Hall–Kier alpha value is 0.0500. The Morgan fingerprint density at radius 1 is 1.09 bits per heavy atom. The van der Waals surface area contributed by atoms with Crippen LogP contribution < -0.4 is 0 Å². The van der Waals surface area contributed by atoms with E-state index in [-0.39, 0.29) is 17.7 Å². The van der Waals surface area contributed by atoms with E-state index in [1.807, 2.05) is 6.92 Å². The van der Waals surface area contributed by atoms with Crippen LogP contribution in [0.3, 0.4) is 0 Å². The second kappa shape index (κ2) is 16.6. The summed E-state index contributed by atoms with van der Waals surface area (Å²) in [5, 5.41) is 0.371. The lowest BCUT2D eigenvalue weighted by Crippen LogP contribution is -2.36. The smallest absolute Gasteiger partial charge is 0.306 e. The lowest BCUT2D eigenvalue weighted by Gasteiger charge is -2.33. The molecule has 5 nitrogen and oxygen atoms in total. The standard InChI is InChI=1S/C25H48O5S2/c1-5-24(3,14-17-27-20-21-10-9-16-28-21)29-18-15-25(4,6-2)30-23(26)12-8-7-11-22(32)13-19-31/h21-22,31-32H,5-20H2,1-4H3. The van der Waals surface area contributed by atoms with E-state index in [1.165, 1.54) is 0 Å². The van der Waals surface area contributed by atoms with Crippen molar-refractivity contribution in [1.82, 2.24) is 0 Å². The SMILES string of the molecule is CCC(C)(CCOCC1CCCO1)OCCC(C)(CC)OC(=O)CCCCC(S)CCS. The van der Waals surface area contributed by atoms with E-state index in [0.29, 0.717) is 37.9 Å². The molecule has 0 N–H and O–H groups in total. The molecule has 1 aliphatic rings. The normalized spacial score (nSPS) is 21.1. The third-order valence-electron chi connectivity index (χ3n) is 6.67. The van der Waals surface area contributed by atoms with Gasteiger partial charge in [0.1, 0.15) is 5.60 Å². The molecule has 0 amide bonds. The van der Waals surface area contributed by atoms with Crippen LogP contribution in [0.2, 0.25) is 0 Å². The van der Waals surface area contributed by atoms with Crippen molar-refractivity contribution in [3.05, 3.63) is 0 Å². The van der Waals surface area contributed by atoms with Gasteiger partial charge in [-0.05, 0) is 71.0 Å². The summed E-state index contributed by atoms with van der Waals surface area (Å²) in [6.45, 7) is 11.1. The molecule has 32 heavy (non-hydrogen) atoms. The van der Waals surface area contributed by atoms with E-state index in [2.05, 4.69) is 46.0 Å². The van der Waals surface area contributed by atoms with Crippen LogP contribution in [0.15, 0.2) is 0 Å². The highest BCUT2D eigenvalue weighted by Crippen LogP contribution is 2.26. The largest absolute Gasteiger partial charge is 0.459 e. The molecule has 0 aromatic carbocycles. The number of rotatable bonds is 19. The minimum atomic E-state index is -0.486. The first kappa shape index (κ1) is 30.1. The minimum absolute atomic E-state index is 0.111. The first-order valence-electron chi connectivity index (χ1n) is 12.6. The van der Waals surface area contributed by atoms with E-state index < -0.39 is 5.60 Å². The Bertz CT molecular complexity index is 501. The molecule has 0 radical (unpaired) electrons. The molecule has 1 fully saturated rings. The van der Waals surface area contributed by atoms with Gasteiger partial charge in [-0.2, -0.15) is 25.3 Å². The number of hydrogen-bond donors (Lipinski definition) is 2. The number of thiol groups is 2. The van der Waals surface area contributed by atoms with Crippen molar-refractivity contribution in [2.24, 2.45) is 0 Å². The van der Waals surface area contributed by atoms with E-state index in [0.717, 1.165) is 70.1 Å². The van der Waals surface area contributed by atoms with Crippen molar-refractivity contribution in [1.29, 1.82) is 0 Å². The van der Waals surface area contributed by atoms with Crippen molar-refractivity contribution in [3.63, 3.8) is 0 Å². The van der Waals surface area contributed by atoms with Gasteiger partial charge in [0.05, 0.1) is 24.9 Å². The fourth-order valence-electron chi connectivity index (χ4n) is 3.71. The lowest BCUT2D eigenvalue weighted by molar-refractivity contribution is -0.162. The summed E-state index contributed by atoms with van der Waals surface area (Å²) >= 11 is 8.78. The van der Waals surface area contributed by atoms with Crippen LogP contribution in [0, 0.1) is 0 Å². The maximum absolute atomic E-state index is 12.4. The number of unbranched alkanes of at least 4 members (excludes halogenated alkanes) is 1. The number of carbonyl (C=O) groups is 1. The summed E-state index contributed by atoms with van der Waals surface area (Å²) in [4.78, 5) is 12.4. The third kappa shape index (κ3) is 13.1. The van der Waals surface area contributed by atoms with Crippen molar-refractivity contribution in [2.75, 3.05) is 32.2 Å². The summed E-state index contributed by atoms with van der Waals surface area (Å²) in [6.07, 6.45) is 10.0. The summed E-state index contributed by atoms with van der Waals surface area (Å²) in [5.41, 5.74) is -0.717. The Morgan fingerprint density at radius 2 is 1.81 bits per heavy atom. The van der Waals surface area contributed by atoms with E-state index in [9.17, 15) is 4.79 Å². The van der Waals surface area contributed by atoms with E-state index in [1.54, 1.807) is 0 Å². The molecule has 1 rings (SSSR count). The fraction of sp³-hybridized carbons (Fsp3) is 0.960. The monoisotopic (exact) mass is 492 g/mol. The topological polar surface area (TPSA) is 54.0 Å². The van der Waals surface area contributed by atoms with Crippen LogP contribution in [0.1, 0.15) is 98.3 Å². The molecule has 7 heteroatoms. The van der Waals surface area contributed by atoms with Gasteiger partial charge in [0.2, 0.25) is 0 Å². The van der Waals surface area contributed by atoms with Crippen LogP contribution in [-0.2, 0) is 23.7 Å². The molecule has 4 atom stereocenters. The zero-order valence-electron chi connectivity index (χ0n) is 20.9. The van der Waals surface area contributed by atoms with Gasteiger partial charge < -0.3 is 18.9 Å². The Labute approximate surface area is 207 Å². The van der Waals surface area contributed by atoms with Gasteiger partial charge in [-0.1, -0.05) is 20.3 Å². The van der Waals surface area contributed by atoms with Crippen molar-refractivity contribution < 1.29 is 23.7 Å². The molecule has 0 spiro atoms. The van der Waals surface area contributed by atoms with Crippen molar-refractivity contribution >= 4 is 31.2 Å². The zero-order chi connectivity index (χ0) is 23.9. The molecule has 4 unspecified atom stereocenters. The van der Waals surface area contributed by atoms with Gasteiger partial charge in [-0.3, -0.25) is 4.79 Å². The van der Waals surface area contributed by atoms with Gasteiger partial charge in [-0.25, -0.2) is 0 Å². The molecule has 0 bridgehead atoms. The third-order valence-corrected chi connectivity index (χ3v) is 7.45. The highest BCUT2D eigenvalue weighted by Gasteiger charge is 2.29. The molecule has 1 saturated heterocycles. The molecular formula is C25H48O5S2. The first-order valence-corrected chi connectivity index (χ1v) is 13.7. The second-order valence-corrected chi connectivity index (χ2v) is 10.7. The molecule has 190 valence electrons. The number of carbonyl (C=O) groups excluding carboxylic acids is 1. The summed E-state index contributed by atoms with van der Waals surface area (Å²) < 4.78 is 23.6. The van der Waals surface area contributed by atoms with Crippen molar-refractivity contribution in [2.45, 2.75) is 121 Å². The van der Waals surface area contributed by atoms with Crippen LogP contribution in [0.5, 0.6) is 0 Å². The molecule has 1 aliphatic heterocycles. The van der Waals surface area contributed by atoms with Crippen LogP contribution in [-0.4, -0.2) is 60.7 Å². The number of ether oxygens (including phenoxy) is 4. The Kier molecular flexibility index (Phi) is 15.6. The zero-order valence-corrected chi connectivity index (χ0v) is 22.7. The van der Waals surface area contributed by atoms with Crippen LogP contribution in [0.4, 0.5) is 0 Å².